The summed E-state index contributed by atoms with van der Waals surface area (Å²) in [6, 6.07) is 19.0. The van der Waals surface area contributed by atoms with E-state index >= 15 is 0 Å². The van der Waals surface area contributed by atoms with E-state index in [1.54, 1.807) is 0 Å². The molecule has 0 saturated carbocycles. The number of rotatable bonds is 3. The molecule has 4 aliphatic rings. The lowest BCUT2D eigenvalue weighted by Crippen LogP contribution is -2.41. The van der Waals surface area contributed by atoms with Gasteiger partial charge in [0.25, 0.3) is 0 Å². The van der Waals surface area contributed by atoms with E-state index in [9.17, 15) is 29.4 Å². The average molecular weight is 439 g/mol. The molecule has 2 atom stereocenters. The minimum Gasteiger partial charge on any atom is -0.478 e. The van der Waals surface area contributed by atoms with Crippen molar-refractivity contribution in [1.82, 2.24) is 0 Å². The van der Waals surface area contributed by atoms with Crippen LogP contribution in [-0.4, -0.2) is 34.0 Å². The van der Waals surface area contributed by atoms with Crippen LogP contribution in [0.3, 0.4) is 0 Å². The second-order valence-electron chi connectivity index (χ2n) is 8.66. The maximum absolute atomic E-state index is 13.7. The predicted octanol–water partition coefficient (Wildman–Crippen LogP) is 3.48. The number of carboxylic acids is 2. The van der Waals surface area contributed by atoms with Crippen molar-refractivity contribution < 1.29 is 29.4 Å². The molecule has 0 aromatic heterocycles. The molecule has 1 saturated heterocycles. The van der Waals surface area contributed by atoms with Crippen molar-refractivity contribution in [1.29, 1.82) is 0 Å². The highest BCUT2D eigenvalue weighted by molar-refractivity contribution is 6.24. The van der Waals surface area contributed by atoms with E-state index in [0.717, 1.165) is 33.2 Å². The number of benzene rings is 3. The fourth-order valence-corrected chi connectivity index (χ4v) is 5.92. The van der Waals surface area contributed by atoms with Crippen LogP contribution in [0.4, 0.5) is 5.69 Å². The Morgan fingerprint density at radius 2 is 1.00 bits per heavy atom. The highest BCUT2D eigenvalue weighted by atomic mass is 16.4. The van der Waals surface area contributed by atoms with E-state index in [0.29, 0.717) is 0 Å². The zero-order chi connectivity index (χ0) is 23.0. The van der Waals surface area contributed by atoms with Gasteiger partial charge in [-0.15, -0.1) is 0 Å². The van der Waals surface area contributed by atoms with E-state index in [4.69, 9.17) is 0 Å². The molecule has 3 aromatic rings. The molecule has 1 aliphatic heterocycles. The van der Waals surface area contributed by atoms with Gasteiger partial charge in [-0.25, -0.2) is 14.5 Å². The third-order valence-corrected chi connectivity index (χ3v) is 7.12. The first-order valence-corrected chi connectivity index (χ1v) is 10.6. The van der Waals surface area contributed by atoms with Crippen LogP contribution in [0.2, 0.25) is 0 Å². The maximum atomic E-state index is 13.7. The van der Waals surface area contributed by atoms with Gasteiger partial charge in [0.15, 0.2) is 0 Å². The quantitative estimate of drug-likeness (QED) is 0.605. The van der Waals surface area contributed by atoms with Gasteiger partial charge in [-0.2, -0.15) is 0 Å². The van der Waals surface area contributed by atoms with E-state index in [1.807, 2.05) is 48.5 Å². The fraction of sp³-hybridized carbons (Fsp3) is 0.154. The Bertz CT molecular complexity index is 1260. The summed E-state index contributed by atoms with van der Waals surface area (Å²) >= 11 is 0. The van der Waals surface area contributed by atoms with Crippen LogP contribution in [0.25, 0.3) is 0 Å². The Morgan fingerprint density at radius 3 is 1.33 bits per heavy atom. The van der Waals surface area contributed by atoms with Crippen molar-refractivity contribution in [2.24, 2.45) is 11.8 Å². The van der Waals surface area contributed by atoms with Crippen molar-refractivity contribution in [2.75, 3.05) is 4.90 Å². The van der Waals surface area contributed by atoms with E-state index in [2.05, 4.69) is 0 Å². The molecule has 7 rings (SSSR count). The molecule has 162 valence electrons. The van der Waals surface area contributed by atoms with Crippen LogP contribution < -0.4 is 4.90 Å². The molecule has 7 nitrogen and oxygen atoms in total. The van der Waals surface area contributed by atoms with Crippen LogP contribution in [0.1, 0.15) is 54.8 Å². The SMILES string of the molecule is O=C(O)c1cc(C(=O)O)cc(N2C(=O)[C@H]3C4c5ccccc5C(c5ccccc54)[C@@H]3C2=O)c1. The molecule has 1 fully saturated rings. The monoisotopic (exact) mass is 439 g/mol. The Hall–Kier alpha value is -4.26. The van der Waals surface area contributed by atoms with E-state index < -0.39 is 35.6 Å². The lowest BCUT2D eigenvalue weighted by atomic mass is 9.55. The van der Waals surface area contributed by atoms with Gasteiger partial charge >= 0.3 is 11.9 Å². The highest BCUT2D eigenvalue weighted by Crippen LogP contribution is 2.61. The molecule has 0 unspecified atom stereocenters. The minimum atomic E-state index is -1.34. The number of carbonyl (C=O) groups is 4. The highest BCUT2D eigenvalue weighted by Gasteiger charge is 2.61. The number of imide groups is 1. The number of anilines is 1. The summed E-state index contributed by atoms with van der Waals surface area (Å²) in [6.45, 7) is 0. The Morgan fingerprint density at radius 1 is 0.636 bits per heavy atom. The van der Waals surface area contributed by atoms with Crippen LogP contribution in [-0.2, 0) is 9.59 Å². The number of hydrogen-bond acceptors (Lipinski definition) is 4. The molecule has 3 aromatic carbocycles. The Labute approximate surface area is 187 Å². The molecule has 2 amide bonds. The van der Waals surface area contributed by atoms with Gasteiger partial charge in [-0.05, 0) is 40.5 Å². The summed E-state index contributed by atoms with van der Waals surface area (Å²) in [5, 5.41) is 18.9. The number of carbonyl (C=O) groups excluding carboxylic acids is 2. The number of nitrogens with zero attached hydrogens (tertiary/aromatic N) is 1. The smallest absolute Gasteiger partial charge is 0.335 e. The average Bonchev–Trinajstić information content (AvgIpc) is 3.09. The van der Waals surface area contributed by atoms with Crippen molar-refractivity contribution in [3.8, 4) is 0 Å². The molecule has 3 aliphatic carbocycles. The van der Waals surface area contributed by atoms with Crippen LogP contribution in [0.5, 0.6) is 0 Å². The number of amides is 2. The molecule has 2 N–H and O–H groups in total. The fourth-order valence-electron chi connectivity index (χ4n) is 5.92. The molecule has 7 heteroatoms. The largest absolute Gasteiger partial charge is 0.478 e. The van der Waals surface area contributed by atoms with Crippen molar-refractivity contribution >= 4 is 29.4 Å². The lowest BCUT2D eigenvalue weighted by Gasteiger charge is -2.45. The van der Waals surface area contributed by atoms with Gasteiger partial charge in [0.2, 0.25) is 11.8 Å². The molecular weight excluding hydrogens is 422 g/mol. The van der Waals surface area contributed by atoms with Crippen LogP contribution in [0, 0.1) is 11.8 Å². The second-order valence-corrected chi connectivity index (χ2v) is 8.66. The summed E-state index contributed by atoms with van der Waals surface area (Å²) in [5.74, 6) is -5.38. The molecule has 0 spiro atoms. The summed E-state index contributed by atoms with van der Waals surface area (Å²) in [4.78, 5) is 51.6. The maximum Gasteiger partial charge on any atom is 0.335 e. The van der Waals surface area contributed by atoms with Gasteiger partial charge in [-0.1, -0.05) is 48.5 Å². The third-order valence-electron chi connectivity index (χ3n) is 7.12. The van der Waals surface area contributed by atoms with Gasteiger partial charge in [0.05, 0.1) is 28.7 Å². The summed E-state index contributed by atoms with van der Waals surface area (Å²) in [7, 11) is 0. The topological polar surface area (TPSA) is 112 Å². The van der Waals surface area contributed by atoms with Crippen LogP contribution >= 0.6 is 0 Å². The van der Waals surface area contributed by atoms with Crippen molar-refractivity contribution in [2.45, 2.75) is 11.8 Å². The minimum absolute atomic E-state index is 0.0239. The lowest BCUT2D eigenvalue weighted by molar-refractivity contribution is -0.122. The predicted molar refractivity (Wildman–Crippen MR) is 116 cm³/mol. The van der Waals surface area contributed by atoms with Crippen molar-refractivity contribution in [3.63, 3.8) is 0 Å². The summed E-state index contributed by atoms with van der Waals surface area (Å²) in [6.07, 6.45) is 0. The normalized spacial score (nSPS) is 24.3. The number of carboxylic acid groups (broad SMARTS) is 2. The molecule has 1 heterocycles. The molecule has 2 bridgehead atoms. The summed E-state index contributed by atoms with van der Waals surface area (Å²) in [5.41, 5.74) is 3.48. The van der Waals surface area contributed by atoms with Gasteiger partial charge in [0, 0.05) is 11.8 Å². The molecule has 33 heavy (non-hydrogen) atoms. The zero-order valence-corrected chi connectivity index (χ0v) is 17.1. The summed E-state index contributed by atoms with van der Waals surface area (Å²) < 4.78 is 0. The Kier molecular flexibility index (Phi) is 3.90. The van der Waals surface area contributed by atoms with E-state index in [1.165, 1.54) is 12.1 Å². The molecular formula is C26H17NO6. The first-order chi connectivity index (χ1) is 15.9. The second kappa shape index (κ2) is 6.62. The van der Waals surface area contributed by atoms with Crippen LogP contribution in [0.15, 0.2) is 66.7 Å². The van der Waals surface area contributed by atoms with Gasteiger partial charge < -0.3 is 10.2 Å². The van der Waals surface area contributed by atoms with E-state index in [-0.39, 0.29) is 28.7 Å². The van der Waals surface area contributed by atoms with Gasteiger partial charge in [0.1, 0.15) is 0 Å². The zero-order valence-electron chi connectivity index (χ0n) is 17.1. The first kappa shape index (κ1) is 19.4. The number of hydrogen-bond donors (Lipinski definition) is 2. The molecule has 0 radical (unpaired) electrons. The standard InChI is InChI=1S/C26H17NO6/c28-23-21-19-15-5-1-2-6-16(15)20(18-8-4-3-7-17(18)19)22(21)24(29)27(23)14-10-12(25(30)31)9-13(11-14)26(32)33/h1-11,19-22H,(H,30,31)(H,32,33)/t19?,20?,21-,22-/m0/s1. The Balaban J connectivity index is 1.54. The van der Waals surface area contributed by atoms with Gasteiger partial charge in [-0.3, -0.25) is 9.59 Å². The number of aromatic carboxylic acids is 2. The van der Waals surface area contributed by atoms with Crippen molar-refractivity contribution in [3.05, 3.63) is 100 Å². The first-order valence-electron chi connectivity index (χ1n) is 10.6. The third kappa shape index (κ3) is 2.50.